The Hall–Kier alpha value is -2.67. The zero-order chi connectivity index (χ0) is 19.0. The summed E-state index contributed by atoms with van der Waals surface area (Å²) in [4.78, 5) is 26.3. The first-order valence-electron chi connectivity index (χ1n) is 8.92. The Morgan fingerprint density at radius 1 is 1.19 bits per heavy atom. The van der Waals surface area contributed by atoms with Crippen LogP contribution in [0.5, 0.6) is 0 Å². The Morgan fingerprint density at radius 3 is 2.67 bits per heavy atom. The number of carbonyl (C=O) groups is 2. The third-order valence-electron chi connectivity index (χ3n) is 5.16. The summed E-state index contributed by atoms with van der Waals surface area (Å²) in [5.74, 6) is -0.797. The van der Waals surface area contributed by atoms with Gasteiger partial charge in [0.25, 0.3) is 5.91 Å². The molecule has 1 aliphatic rings. The van der Waals surface area contributed by atoms with Gasteiger partial charge in [0.15, 0.2) is 0 Å². The number of piperidine rings is 1. The van der Waals surface area contributed by atoms with Crippen LogP contribution in [0.3, 0.4) is 0 Å². The molecule has 3 aromatic rings. The highest BCUT2D eigenvalue weighted by Crippen LogP contribution is 2.28. The monoisotopic (exact) mass is 385 g/mol. The molecule has 1 aliphatic heterocycles. The van der Waals surface area contributed by atoms with Crippen molar-refractivity contribution in [3.63, 3.8) is 0 Å². The predicted octanol–water partition coefficient (Wildman–Crippen LogP) is 3.23. The third-order valence-corrected chi connectivity index (χ3v) is 6.01. The quantitative estimate of drug-likeness (QED) is 0.749. The third kappa shape index (κ3) is 3.47. The zero-order valence-corrected chi connectivity index (χ0v) is 15.5. The van der Waals surface area contributed by atoms with Crippen LogP contribution in [-0.4, -0.2) is 34.4 Å². The molecule has 5 nitrogen and oxygen atoms in total. The highest BCUT2D eigenvalue weighted by molar-refractivity contribution is 7.17. The van der Waals surface area contributed by atoms with E-state index in [0.717, 1.165) is 15.8 Å². The molecule has 2 aromatic heterocycles. The average molecular weight is 385 g/mol. The number of nitrogens with two attached hydrogens (primary N) is 1. The fourth-order valence-electron chi connectivity index (χ4n) is 3.67. The smallest absolute Gasteiger partial charge is 0.270 e. The minimum Gasteiger partial charge on any atom is -0.369 e. The number of benzene rings is 1. The second kappa shape index (κ2) is 7.15. The molecule has 1 fully saturated rings. The number of hydrogen-bond donors (Lipinski definition) is 1. The Balaban J connectivity index is 1.63. The van der Waals surface area contributed by atoms with Crippen molar-refractivity contribution >= 4 is 33.4 Å². The summed E-state index contributed by atoms with van der Waals surface area (Å²) in [5.41, 5.74) is 7.76. The summed E-state index contributed by atoms with van der Waals surface area (Å²) < 4.78 is 16.6. The predicted molar refractivity (Wildman–Crippen MR) is 103 cm³/mol. The van der Waals surface area contributed by atoms with Crippen LogP contribution < -0.4 is 5.73 Å². The summed E-state index contributed by atoms with van der Waals surface area (Å²) in [5, 5.41) is 1.99. The number of nitrogens with zero attached hydrogens (tertiary/aromatic N) is 2. The van der Waals surface area contributed by atoms with Crippen molar-refractivity contribution in [3.05, 3.63) is 58.9 Å². The maximum atomic E-state index is 13.6. The molecule has 0 spiro atoms. The van der Waals surface area contributed by atoms with Gasteiger partial charge in [-0.05, 0) is 48.1 Å². The summed E-state index contributed by atoms with van der Waals surface area (Å²) in [7, 11) is 0. The van der Waals surface area contributed by atoms with E-state index >= 15 is 0 Å². The highest BCUT2D eigenvalue weighted by atomic mass is 32.1. The van der Waals surface area contributed by atoms with E-state index in [0.29, 0.717) is 38.2 Å². The minimum absolute atomic E-state index is 0.0577. The van der Waals surface area contributed by atoms with Crippen molar-refractivity contribution in [2.75, 3.05) is 13.1 Å². The van der Waals surface area contributed by atoms with Crippen molar-refractivity contribution in [2.24, 2.45) is 11.7 Å². The molecule has 0 atom stereocenters. The van der Waals surface area contributed by atoms with Gasteiger partial charge in [-0.3, -0.25) is 9.59 Å². The lowest BCUT2D eigenvalue weighted by atomic mass is 9.96. The number of likely N-dealkylation sites (tertiary alicyclic amines) is 1. The van der Waals surface area contributed by atoms with Crippen molar-refractivity contribution in [2.45, 2.75) is 19.4 Å². The van der Waals surface area contributed by atoms with Gasteiger partial charge >= 0.3 is 0 Å². The van der Waals surface area contributed by atoms with Gasteiger partial charge in [-0.15, -0.1) is 11.3 Å². The van der Waals surface area contributed by atoms with Crippen molar-refractivity contribution in [3.8, 4) is 0 Å². The van der Waals surface area contributed by atoms with Gasteiger partial charge in [-0.25, -0.2) is 4.39 Å². The second-order valence-electron chi connectivity index (χ2n) is 6.88. The van der Waals surface area contributed by atoms with E-state index in [4.69, 9.17) is 5.73 Å². The largest absolute Gasteiger partial charge is 0.369 e. The molecule has 1 aromatic carbocycles. The van der Waals surface area contributed by atoms with Gasteiger partial charge < -0.3 is 15.2 Å². The lowest BCUT2D eigenvalue weighted by molar-refractivity contribution is -0.123. The number of rotatable bonds is 4. The van der Waals surface area contributed by atoms with Crippen LogP contribution in [-0.2, 0) is 11.3 Å². The number of carbonyl (C=O) groups excluding carboxylic acids is 2. The molecule has 0 saturated carbocycles. The molecule has 0 radical (unpaired) electrons. The first-order chi connectivity index (χ1) is 13.0. The van der Waals surface area contributed by atoms with E-state index in [1.807, 2.05) is 28.1 Å². The Bertz CT molecular complexity index is 1000. The molecular weight excluding hydrogens is 365 g/mol. The van der Waals surface area contributed by atoms with Gasteiger partial charge in [0.1, 0.15) is 11.5 Å². The van der Waals surface area contributed by atoms with E-state index in [1.165, 1.54) is 12.1 Å². The van der Waals surface area contributed by atoms with E-state index in [9.17, 15) is 14.0 Å². The van der Waals surface area contributed by atoms with Crippen LogP contribution in [0, 0.1) is 11.7 Å². The van der Waals surface area contributed by atoms with Crippen LogP contribution in [0.1, 0.15) is 28.9 Å². The standard InChI is InChI=1S/C20H20FN3O2S/c21-15-3-1-2-13(10-15)12-24-16-6-9-27-18(16)11-17(24)20(26)23-7-4-14(5-8-23)19(22)25/h1-3,6,9-11,14H,4-5,7-8,12H2,(H2,22,25). The van der Waals surface area contributed by atoms with Gasteiger partial charge in [0.05, 0.1) is 10.2 Å². The lowest BCUT2D eigenvalue weighted by Crippen LogP contribution is -2.42. The molecule has 2 N–H and O–H groups in total. The van der Waals surface area contributed by atoms with Gasteiger partial charge in [-0.1, -0.05) is 12.1 Å². The Labute approximate surface area is 160 Å². The topological polar surface area (TPSA) is 68.3 Å². The first kappa shape index (κ1) is 17.7. The van der Waals surface area contributed by atoms with Crippen molar-refractivity contribution in [1.82, 2.24) is 9.47 Å². The van der Waals surface area contributed by atoms with Crippen molar-refractivity contribution in [1.29, 1.82) is 0 Å². The van der Waals surface area contributed by atoms with E-state index in [-0.39, 0.29) is 23.5 Å². The molecule has 140 valence electrons. The minimum atomic E-state index is -0.294. The number of primary amides is 1. The van der Waals surface area contributed by atoms with Crippen LogP contribution in [0.25, 0.3) is 10.2 Å². The lowest BCUT2D eigenvalue weighted by Gasteiger charge is -2.30. The fourth-order valence-corrected chi connectivity index (χ4v) is 4.49. The molecule has 4 rings (SSSR count). The maximum Gasteiger partial charge on any atom is 0.270 e. The molecule has 27 heavy (non-hydrogen) atoms. The maximum absolute atomic E-state index is 13.6. The SMILES string of the molecule is NC(=O)C1CCN(C(=O)c2cc3sccc3n2Cc2cccc(F)c2)CC1. The number of amides is 2. The van der Waals surface area contributed by atoms with Crippen LogP contribution >= 0.6 is 11.3 Å². The number of fused-ring (bicyclic) bond motifs is 1. The fraction of sp³-hybridized carbons (Fsp3) is 0.300. The van der Waals surface area contributed by atoms with E-state index in [1.54, 1.807) is 22.3 Å². The molecule has 0 aliphatic carbocycles. The second-order valence-corrected chi connectivity index (χ2v) is 7.83. The first-order valence-corrected chi connectivity index (χ1v) is 9.80. The summed E-state index contributed by atoms with van der Waals surface area (Å²) >= 11 is 1.58. The molecular formula is C20H20FN3O2S. The van der Waals surface area contributed by atoms with E-state index in [2.05, 4.69) is 0 Å². The number of hydrogen-bond acceptors (Lipinski definition) is 3. The van der Waals surface area contributed by atoms with Crippen molar-refractivity contribution < 1.29 is 14.0 Å². The molecule has 1 saturated heterocycles. The van der Waals surface area contributed by atoms with Crippen LogP contribution in [0.15, 0.2) is 41.8 Å². The normalized spacial score (nSPS) is 15.4. The van der Waals surface area contributed by atoms with E-state index < -0.39 is 0 Å². The highest BCUT2D eigenvalue weighted by Gasteiger charge is 2.28. The summed E-state index contributed by atoms with van der Waals surface area (Å²) in [6.45, 7) is 1.47. The Morgan fingerprint density at radius 2 is 1.96 bits per heavy atom. The molecule has 2 amide bonds. The average Bonchev–Trinajstić information content (AvgIpc) is 3.24. The van der Waals surface area contributed by atoms with Gasteiger partial charge in [-0.2, -0.15) is 0 Å². The Kier molecular flexibility index (Phi) is 4.70. The molecule has 3 heterocycles. The van der Waals surface area contributed by atoms with Crippen LogP contribution in [0.4, 0.5) is 4.39 Å². The molecule has 0 bridgehead atoms. The van der Waals surface area contributed by atoms with Gasteiger partial charge in [0.2, 0.25) is 5.91 Å². The van der Waals surface area contributed by atoms with Crippen LogP contribution in [0.2, 0.25) is 0 Å². The molecule has 7 heteroatoms. The summed E-state index contributed by atoms with van der Waals surface area (Å²) in [6, 6.07) is 10.3. The number of halogens is 1. The molecule has 0 unspecified atom stereocenters. The van der Waals surface area contributed by atoms with Gasteiger partial charge in [0, 0.05) is 25.6 Å². The number of thiophene rings is 1. The number of aromatic nitrogens is 1. The summed E-state index contributed by atoms with van der Waals surface area (Å²) in [6.07, 6.45) is 1.19. The zero-order valence-electron chi connectivity index (χ0n) is 14.7.